The van der Waals surface area contributed by atoms with Gasteiger partial charge in [0, 0.05) is 5.57 Å². The molecule has 0 heterocycles. The molecule has 0 fully saturated rings. The fraction of sp³-hybridized carbons (Fsp3) is 0.273. The number of halogens is 3. The van der Waals surface area contributed by atoms with Crippen LogP contribution >= 0.6 is 23.2 Å². The Morgan fingerprint density at radius 1 is 1.29 bits per heavy atom. The zero-order valence-corrected chi connectivity index (χ0v) is 8.95. The maximum atomic E-state index is 13.6. The SMILES string of the molecule is FC1CCc2ccccc2C1=C(Cl)Cl. The second-order valence-corrected chi connectivity index (χ2v) is 4.29. The molecule has 0 aliphatic heterocycles. The van der Waals surface area contributed by atoms with Crippen molar-refractivity contribution in [1.82, 2.24) is 0 Å². The summed E-state index contributed by atoms with van der Waals surface area (Å²) in [5, 5.41) is 0. The quantitative estimate of drug-likeness (QED) is 0.630. The summed E-state index contributed by atoms with van der Waals surface area (Å²) in [5.74, 6) is 0. The molecule has 0 amide bonds. The Hall–Kier alpha value is -0.530. The van der Waals surface area contributed by atoms with Crippen LogP contribution in [0.3, 0.4) is 0 Å². The first-order chi connectivity index (χ1) is 6.70. The van der Waals surface area contributed by atoms with Gasteiger partial charge in [-0.3, -0.25) is 0 Å². The number of rotatable bonds is 0. The predicted octanol–water partition coefficient (Wildman–Crippen LogP) is 4.12. The highest BCUT2D eigenvalue weighted by atomic mass is 35.5. The number of aryl methyl sites for hydroxylation is 1. The first kappa shape index (κ1) is 10.0. The minimum atomic E-state index is -1.03. The highest BCUT2D eigenvalue weighted by Crippen LogP contribution is 2.37. The Morgan fingerprint density at radius 2 is 2.00 bits per heavy atom. The summed E-state index contributed by atoms with van der Waals surface area (Å²) in [5.41, 5.74) is 2.41. The van der Waals surface area contributed by atoms with E-state index in [9.17, 15) is 4.39 Å². The van der Waals surface area contributed by atoms with E-state index < -0.39 is 6.17 Å². The van der Waals surface area contributed by atoms with Gasteiger partial charge < -0.3 is 0 Å². The van der Waals surface area contributed by atoms with Crippen LogP contribution in [-0.2, 0) is 6.42 Å². The summed E-state index contributed by atoms with van der Waals surface area (Å²) in [6.07, 6.45) is 0.187. The van der Waals surface area contributed by atoms with Gasteiger partial charge in [0.1, 0.15) is 10.7 Å². The standard InChI is InChI=1S/C11H9Cl2F/c12-11(13)10-8-4-2-1-3-7(8)5-6-9(10)14/h1-4,9H,5-6H2. The molecule has 1 unspecified atom stereocenters. The first-order valence-electron chi connectivity index (χ1n) is 4.47. The van der Waals surface area contributed by atoms with E-state index in [-0.39, 0.29) is 4.49 Å². The van der Waals surface area contributed by atoms with Crippen LogP contribution in [0.1, 0.15) is 17.5 Å². The number of hydrogen-bond donors (Lipinski definition) is 0. The summed E-state index contributed by atoms with van der Waals surface area (Å²) < 4.78 is 13.6. The average molecular weight is 231 g/mol. The van der Waals surface area contributed by atoms with E-state index in [1.54, 1.807) is 0 Å². The highest BCUT2D eigenvalue weighted by Gasteiger charge is 2.25. The molecule has 0 saturated carbocycles. The Bertz CT molecular complexity index is 381. The van der Waals surface area contributed by atoms with Crippen LogP contribution < -0.4 is 0 Å². The predicted molar refractivity (Wildman–Crippen MR) is 58.3 cm³/mol. The lowest BCUT2D eigenvalue weighted by atomic mass is 9.87. The third-order valence-corrected chi connectivity index (χ3v) is 2.90. The lowest BCUT2D eigenvalue weighted by molar-refractivity contribution is 0.383. The van der Waals surface area contributed by atoms with Crippen LogP contribution in [0.25, 0.3) is 5.57 Å². The number of fused-ring (bicyclic) bond motifs is 1. The van der Waals surface area contributed by atoms with Crippen molar-refractivity contribution in [2.75, 3.05) is 0 Å². The average Bonchev–Trinajstić information content (AvgIpc) is 2.17. The van der Waals surface area contributed by atoms with Gasteiger partial charge in [0.15, 0.2) is 0 Å². The van der Waals surface area contributed by atoms with E-state index in [0.29, 0.717) is 12.0 Å². The van der Waals surface area contributed by atoms with E-state index in [4.69, 9.17) is 23.2 Å². The van der Waals surface area contributed by atoms with E-state index in [2.05, 4.69) is 0 Å². The third-order valence-electron chi connectivity index (χ3n) is 2.49. The number of alkyl halides is 1. The van der Waals surface area contributed by atoms with Gasteiger partial charge in [-0.2, -0.15) is 0 Å². The summed E-state index contributed by atoms with van der Waals surface area (Å²) in [6, 6.07) is 7.66. The molecular weight excluding hydrogens is 222 g/mol. The summed E-state index contributed by atoms with van der Waals surface area (Å²) in [6.45, 7) is 0. The van der Waals surface area contributed by atoms with Crippen molar-refractivity contribution < 1.29 is 4.39 Å². The molecule has 0 saturated heterocycles. The molecule has 3 heteroatoms. The molecule has 0 nitrogen and oxygen atoms in total. The summed E-state index contributed by atoms with van der Waals surface area (Å²) in [4.78, 5) is 0. The number of hydrogen-bond acceptors (Lipinski definition) is 0. The van der Waals surface area contributed by atoms with Gasteiger partial charge in [-0.05, 0) is 24.0 Å². The van der Waals surface area contributed by atoms with Gasteiger partial charge in [-0.15, -0.1) is 0 Å². The molecule has 2 rings (SSSR count). The molecule has 1 aromatic carbocycles. The van der Waals surface area contributed by atoms with Crippen LogP contribution in [0.5, 0.6) is 0 Å². The smallest absolute Gasteiger partial charge is 0.128 e. The van der Waals surface area contributed by atoms with Crippen molar-refractivity contribution >= 4 is 28.8 Å². The van der Waals surface area contributed by atoms with Crippen LogP contribution in [0.15, 0.2) is 28.8 Å². The number of benzene rings is 1. The molecule has 14 heavy (non-hydrogen) atoms. The molecule has 0 radical (unpaired) electrons. The van der Waals surface area contributed by atoms with Crippen LogP contribution in [0.4, 0.5) is 4.39 Å². The Balaban J connectivity index is 2.58. The summed E-state index contributed by atoms with van der Waals surface area (Å²) in [7, 11) is 0. The molecule has 1 aromatic rings. The molecule has 0 spiro atoms. The fourth-order valence-corrected chi connectivity index (χ4v) is 2.26. The molecule has 1 atom stereocenters. The van der Waals surface area contributed by atoms with Crippen molar-refractivity contribution in [2.24, 2.45) is 0 Å². The van der Waals surface area contributed by atoms with Gasteiger partial charge in [0.25, 0.3) is 0 Å². The second-order valence-electron chi connectivity index (χ2n) is 3.34. The van der Waals surface area contributed by atoms with Crippen molar-refractivity contribution in [1.29, 1.82) is 0 Å². The molecule has 74 valence electrons. The number of allylic oxidation sites excluding steroid dienone is 1. The van der Waals surface area contributed by atoms with Gasteiger partial charge in [0.05, 0.1) is 0 Å². The van der Waals surface area contributed by atoms with Crippen molar-refractivity contribution in [2.45, 2.75) is 19.0 Å². The van der Waals surface area contributed by atoms with E-state index in [1.165, 1.54) is 0 Å². The van der Waals surface area contributed by atoms with Gasteiger partial charge in [-0.25, -0.2) is 4.39 Å². The van der Waals surface area contributed by atoms with E-state index >= 15 is 0 Å². The van der Waals surface area contributed by atoms with Crippen LogP contribution in [-0.4, -0.2) is 6.17 Å². The van der Waals surface area contributed by atoms with Crippen LogP contribution in [0, 0.1) is 0 Å². The Labute approximate surface area is 92.3 Å². The molecular formula is C11H9Cl2F. The fourth-order valence-electron chi connectivity index (χ4n) is 1.82. The molecule has 1 aliphatic rings. The van der Waals surface area contributed by atoms with E-state index in [0.717, 1.165) is 17.5 Å². The lowest BCUT2D eigenvalue weighted by Crippen LogP contribution is -2.14. The Morgan fingerprint density at radius 3 is 2.71 bits per heavy atom. The normalized spacial score (nSPS) is 20.5. The molecule has 0 N–H and O–H groups in total. The lowest BCUT2D eigenvalue weighted by Gasteiger charge is -2.22. The zero-order valence-electron chi connectivity index (χ0n) is 7.43. The van der Waals surface area contributed by atoms with Crippen molar-refractivity contribution in [3.63, 3.8) is 0 Å². The topological polar surface area (TPSA) is 0 Å². The molecule has 0 aromatic heterocycles. The first-order valence-corrected chi connectivity index (χ1v) is 5.23. The van der Waals surface area contributed by atoms with Crippen molar-refractivity contribution in [3.05, 3.63) is 39.9 Å². The minimum absolute atomic E-state index is 0.0460. The van der Waals surface area contributed by atoms with Gasteiger partial charge >= 0.3 is 0 Å². The molecule has 1 aliphatic carbocycles. The second kappa shape index (κ2) is 3.92. The monoisotopic (exact) mass is 230 g/mol. The minimum Gasteiger partial charge on any atom is -0.242 e. The van der Waals surface area contributed by atoms with E-state index in [1.807, 2.05) is 24.3 Å². The van der Waals surface area contributed by atoms with Gasteiger partial charge in [0.2, 0.25) is 0 Å². The summed E-state index contributed by atoms with van der Waals surface area (Å²) >= 11 is 11.4. The Kier molecular flexibility index (Phi) is 2.80. The zero-order chi connectivity index (χ0) is 10.1. The van der Waals surface area contributed by atoms with Crippen molar-refractivity contribution in [3.8, 4) is 0 Å². The third kappa shape index (κ3) is 1.67. The largest absolute Gasteiger partial charge is 0.242 e. The highest BCUT2D eigenvalue weighted by molar-refractivity contribution is 6.58. The van der Waals surface area contributed by atoms with Crippen LogP contribution in [0.2, 0.25) is 0 Å². The maximum absolute atomic E-state index is 13.6. The maximum Gasteiger partial charge on any atom is 0.128 e. The van der Waals surface area contributed by atoms with Gasteiger partial charge in [-0.1, -0.05) is 47.5 Å². The molecule has 0 bridgehead atoms.